The third kappa shape index (κ3) is 6.73. The Balaban J connectivity index is 1.91. The van der Waals surface area contributed by atoms with Crippen molar-refractivity contribution in [2.75, 3.05) is 24.2 Å². The van der Waals surface area contributed by atoms with Gasteiger partial charge in [0, 0.05) is 25.3 Å². The van der Waals surface area contributed by atoms with Gasteiger partial charge >= 0.3 is 5.97 Å². The van der Waals surface area contributed by atoms with E-state index in [1.165, 1.54) is 37.9 Å². The minimum Gasteiger partial charge on any atom is -0.449 e. The molecule has 2 N–H and O–H groups in total. The highest BCUT2D eigenvalue weighted by Gasteiger charge is 2.23. The number of esters is 1. The summed E-state index contributed by atoms with van der Waals surface area (Å²) in [5.74, 6) is -1.85. The summed E-state index contributed by atoms with van der Waals surface area (Å²) in [4.78, 5) is 49.3. The molecule has 0 bridgehead atoms. The first-order valence-corrected chi connectivity index (χ1v) is 9.36. The van der Waals surface area contributed by atoms with Gasteiger partial charge in [-0.3, -0.25) is 14.4 Å². The maximum absolute atomic E-state index is 12.5. The van der Waals surface area contributed by atoms with Crippen LogP contribution in [-0.2, 0) is 19.1 Å². The number of rotatable bonds is 7. The first kappa shape index (κ1) is 22.6. The van der Waals surface area contributed by atoms with Crippen molar-refractivity contribution in [3.63, 3.8) is 0 Å². The van der Waals surface area contributed by atoms with Crippen molar-refractivity contribution in [3.8, 4) is 0 Å². The molecular formula is C22H25N3O5. The normalized spacial score (nSPS) is 11.2. The van der Waals surface area contributed by atoms with Crippen LogP contribution in [0.5, 0.6) is 0 Å². The third-order valence-corrected chi connectivity index (χ3v) is 4.14. The molecule has 0 aliphatic heterocycles. The average molecular weight is 411 g/mol. The van der Waals surface area contributed by atoms with Gasteiger partial charge in [-0.25, -0.2) is 4.79 Å². The van der Waals surface area contributed by atoms with Gasteiger partial charge in [-0.1, -0.05) is 23.8 Å². The van der Waals surface area contributed by atoms with Crippen LogP contribution in [0.25, 0.3) is 0 Å². The molecule has 2 aromatic carbocycles. The molecule has 0 fully saturated rings. The largest absolute Gasteiger partial charge is 0.449 e. The van der Waals surface area contributed by atoms with E-state index in [9.17, 15) is 19.2 Å². The SMILES string of the molecule is CC(=O)Nc1cccc(C(=O)O[C@H](C)C(=O)N(C)CC(=O)Nc2ccc(C)cc2)c1. The van der Waals surface area contributed by atoms with Gasteiger partial charge < -0.3 is 20.3 Å². The van der Waals surface area contributed by atoms with Gasteiger partial charge in [-0.15, -0.1) is 0 Å². The van der Waals surface area contributed by atoms with Crippen molar-refractivity contribution < 1.29 is 23.9 Å². The zero-order chi connectivity index (χ0) is 22.3. The number of nitrogens with one attached hydrogen (secondary N) is 2. The van der Waals surface area contributed by atoms with Crippen LogP contribution in [0.15, 0.2) is 48.5 Å². The van der Waals surface area contributed by atoms with E-state index in [1.807, 2.05) is 19.1 Å². The van der Waals surface area contributed by atoms with E-state index in [4.69, 9.17) is 4.74 Å². The molecule has 0 aliphatic rings. The second-order valence-corrected chi connectivity index (χ2v) is 6.92. The van der Waals surface area contributed by atoms with Gasteiger partial charge in [0.05, 0.1) is 12.1 Å². The molecule has 0 unspecified atom stereocenters. The number of benzene rings is 2. The van der Waals surface area contributed by atoms with Crippen LogP contribution in [0, 0.1) is 6.92 Å². The molecule has 8 nitrogen and oxygen atoms in total. The summed E-state index contributed by atoms with van der Waals surface area (Å²) in [5.41, 5.74) is 2.34. The van der Waals surface area contributed by atoms with Crippen molar-refractivity contribution in [2.24, 2.45) is 0 Å². The molecule has 0 saturated heterocycles. The number of aryl methyl sites for hydroxylation is 1. The van der Waals surface area contributed by atoms with Crippen LogP contribution in [0.2, 0.25) is 0 Å². The first-order valence-electron chi connectivity index (χ1n) is 9.36. The molecule has 0 saturated carbocycles. The topological polar surface area (TPSA) is 105 Å². The van der Waals surface area contributed by atoms with E-state index in [2.05, 4.69) is 10.6 Å². The number of amides is 3. The second kappa shape index (κ2) is 10.2. The fourth-order valence-corrected chi connectivity index (χ4v) is 2.65. The predicted molar refractivity (Wildman–Crippen MR) is 113 cm³/mol. The average Bonchev–Trinajstić information content (AvgIpc) is 2.68. The van der Waals surface area contributed by atoms with Crippen LogP contribution >= 0.6 is 0 Å². The number of anilines is 2. The van der Waals surface area contributed by atoms with E-state index in [-0.39, 0.29) is 23.9 Å². The summed E-state index contributed by atoms with van der Waals surface area (Å²) in [6.07, 6.45) is -1.08. The quantitative estimate of drug-likeness (QED) is 0.682. The van der Waals surface area contributed by atoms with E-state index < -0.39 is 18.0 Å². The summed E-state index contributed by atoms with van der Waals surface area (Å²) >= 11 is 0. The van der Waals surface area contributed by atoms with Gasteiger partial charge in [-0.2, -0.15) is 0 Å². The molecular weight excluding hydrogens is 386 g/mol. The lowest BCUT2D eigenvalue weighted by molar-refractivity contribution is -0.140. The van der Waals surface area contributed by atoms with Crippen molar-refractivity contribution >= 4 is 35.1 Å². The number of likely N-dealkylation sites (N-methyl/N-ethyl adjacent to an activating group) is 1. The molecule has 0 heterocycles. The zero-order valence-electron chi connectivity index (χ0n) is 17.4. The zero-order valence-corrected chi connectivity index (χ0v) is 17.4. The molecule has 0 spiro atoms. The van der Waals surface area contributed by atoms with Gasteiger partial charge in [0.15, 0.2) is 6.10 Å². The Morgan fingerprint density at radius 3 is 2.30 bits per heavy atom. The van der Waals surface area contributed by atoms with Crippen molar-refractivity contribution in [3.05, 3.63) is 59.7 Å². The van der Waals surface area contributed by atoms with Gasteiger partial charge in [0.1, 0.15) is 0 Å². The number of carbonyl (C=O) groups is 4. The molecule has 8 heteroatoms. The Morgan fingerprint density at radius 1 is 1.00 bits per heavy atom. The van der Waals surface area contributed by atoms with Crippen LogP contribution in [0.1, 0.15) is 29.8 Å². The highest BCUT2D eigenvalue weighted by molar-refractivity contribution is 5.97. The fraction of sp³-hybridized carbons (Fsp3) is 0.273. The first-order chi connectivity index (χ1) is 14.2. The summed E-state index contributed by atoms with van der Waals surface area (Å²) < 4.78 is 5.22. The lowest BCUT2D eigenvalue weighted by atomic mass is 10.2. The molecule has 3 amide bonds. The number of nitrogens with zero attached hydrogens (tertiary/aromatic N) is 1. The van der Waals surface area contributed by atoms with Gasteiger partial charge in [0.25, 0.3) is 5.91 Å². The second-order valence-electron chi connectivity index (χ2n) is 6.92. The van der Waals surface area contributed by atoms with Crippen molar-refractivity contribution in [1.29, 1.82) is 0 Å². The van der Waals surface area contributed by atoms with Crippen LogP contribution < -0.4 is 10.6 Å². The predicted octanol–water partition coefficient (Wildman–Crippen LogP) is 2.60. The Kier molecular flexibility index (Phi) is 7.69. The van der Waals surface area contributed by atoms with Crippen molar-refractivity contribution in [1.82, 2.24) is 4.90 Å². The number of hydrogen-bond donors (Lipinski definition) is 2. The Hall–Kier alpha value is -3.68. The van der Waals surface area contributed by atoms with Crippen LogP contribution in [-0.4, -0.2) is 48.3 Å². The number of ether oxygens (including phenoxy) is 1. The fourth-order valence-electron chi connectivity index (χ4n) is 2.65. The minimum absolute atomic E-state index is 0.188. The van der Waals surface area contributed by atoms with E-state index >= 15 is 0 Å². The van der Waals surface area contributed by atoms with E-state index in [1.54, 1.807) is 24.3 Å². The molecule has 1 atom stereocenters. The molecule has 2 rings (SSSR count). The molecule has 0 aromatic heterocycles. The summed E-state index contributed by atoms with van der Waals surface area (Å²) in [7, 11) is 1.46. The molecule has 2 aromatic rings. The Labute approximate surface area is 175 Å². The Morgan fingerprint density at radius 2 is 1.67 bits per heavy atom. The highest BCUT2D eigenvalue weighted by atomic mass is 16.5. The van der Waals surface area contributed by atoms with Crippen LogP contribution in [0.4, 0.5) is 11.4 Å². The number of hydrogen-bond acceptors (Lipinski definition) is 5. The standard InChI is InChI=1S/C22H25N3O5/c1-14-8-10-18(11-9-14)24-20(27)13-25(4)21(28)15(2)30-22(29)17-6-5-7-19(12-17)23-16(3)26/h5-12,15H,13H2,1-4H3,(H,23,26)(H,24,27)/t15-/m1/s1. The summed E-state index contributed by atoms with van der Waals surface area (Å²) in [6.45, 7) is 4.55. The minimum atomic E-state index is -1.08. The van der Waals surface area contributed by atoms with E-state index in [0.29, 0.717) is 11.4 Å². The smallest absolute Gasteiger partial charge is 0.338 e. The molecule has 0 aliphatic carbocycles. The molecule has 158 valence electrons. The maximum Gasteiger partial charge on any atom is 0.338 e. The highest BCUT2D eigenvalue weighted by Crippen LogP contribution is 2.13. The van der Waals surface area contributed by atoms with Crippen molar-refractivity contribution in [2.45, 2.75) is 26.9 Å². The van der Waals surface area contributed by atoms with Crippen LogP contribution in [0.3, 0.4) is 0 Å². The van der Waals surface area contributed by atoms with Gasteiger partial charge in [0.2, 0.25) is 11.8 Å². The maximum atomic E-state index is 12.5. The monoisotopic (exact) mass is 411 g/mol. The van der Waals surface area contributed by atoms with E-state index in [0.717, 1.165) is 5.56 Å². The summed E-state index contributed by atoms with van der Waals surface area (Å²) in [5, 5.41) is 5.28. The molecule has 30 heavy (non-hydrogen) atoms. The van der Waals surface area contributed by atoms with Gasteiger partial charge in [-0.05, 0) is 44.2 Å². The number of carbonyl (C=O) groups excluding carboxylic acids is 4. The molecule has 0 radical (unpaired) electrons. The lowest BCUT2D eigenvalue weighted by Gasteiger charge is -2.21. The summed E-state index contributed by atoms with van der Waals surface area (Å²) in [6, 6.07) is 13.5. The Bertz CT molecular complexity index is 940. The lowest BCUT2D eigenvalue weighted by Crippen LogP contribution is -2.41. The third-order valence-electron chi connectivity index (χ3n) is 4.14.